The van der Waals surface area contributed by atoms with Gasteiger partial charge in [-0.2, -0.15) is 0 Å². The van der Waals surface area contributed by atoms with E-state index in [4.69, 9.17) is 16.3 Å². The van der Waals surface area contributed by atoms with Crippen molar-refractivity contribution in [3.8, 4) is 5.75 Å². The first-order valence-corrected chi connectivity index (χ1v) is 7.76. The summed E-state index contributed by atoms with van der Waals surface area (Å²) in [6.07, 6.45) is 3.39. The molecule has 0 aromatic heterocycles. The summed E-state index contributed by atoms with van der Waals surface area (Å²) in [5, 5.41) is 4.44. The van der Waals surface area contributed by atoms with Crippen molar-refractivity contribution in [2.45, 2.75) is 31.8 Å². The van der Waals surface area contributed by atoms with Crippen molar-refractivity contribution in [3.63, 3.8) is 0 Å². The Morgan fingerprint density at radius 3 is 2.71 bits per heavy atom. The Morgan fingerprint density at radius 1 is 1.14 bits per heavy atom. The fraction of sp³-hybridized carbons (Fsp3) is 0.333. The van der Waals surface area contributed by atoms with Crippen LogP contribution in [0, 0.1) is 0 Å². The maximum atomic E-state index is 5.91. The number of hydrogen-bond acceptors (Lipinski definition) is 2. The van der Waals surface area contributed by atoms with Gasteiger partial charge in [0.15, 0.2) is 0 Å². The van der Waals surface area contributed by atoms with Crippen molar-refractivity contribution in [2.24, 2.45) is 0 Å². The van der Waals surface area contributed by atoms with E-state index in [0.717, 1.165) is 30.2 Å². The number of rotatable bonds is 4. The second-order valence-electron chi connectivity index (χ2n) is 5.58. The van der Waals surface area contributed by atoms with Crippen LogP contribution >= 0.6 is 11.6 Å². The molecule has 0 heterocycles. The van der Waals surface area contributed by atoms with Gasteiger partial charge in [0, 0.05) is 17.6 Å². The summed E-state index contributed by atoms with van der Waals surface area (Å²) in [5.41, 5.74) is 4.14. The van der Waals surface area contributed by atoms with E-state index in [9.17, 15) is 0 Å². The predicted octanol–water partition coefficient (Wildman–Crippen LogP) is 4.00. The van der Waals surface area contributed by atoms with Crippen LogP contribution in [0.2, 0.25) is 5.02 Å². The zero-order chi connectivity index (χ0) is 14.7. The third-order valence-electron chi connectivity index (χ3n) is 4.15. The lowest BCUT2D eigenvalue weighted by Crippen LogP contribution is -2.34. The summed E-state index contributed by atoms with van der Waals surface area (Å²) in [7, 11) is 1.72. The van der Waals surface area contributed by atoms with Crippen LogP contribution in [0.15, 0.2) is 42.5 Å². The maximum absolute atomic E-state index is 5.91. The molecule has 0 saturated carbocycles. The average molecular weight is 302 g/mol. The lowest BCUT2D eigenvalue weighted by atomic mass is 9.88. The Morgan fingerprint density at radius 2 is 1.95 bits per heavy atom. The number of aryl methyl sites for hydroxylation is 1. The molecular weight excluding hydrogens is 282 g/mol. The standard InChI is InChI=1S/C18H20ClNO/c1-21-18-9-5-14-4-8-17(10-15(14)11-18)20-12-13-2-6-16(19)7-3-13/h2-3,5-7,9,11,17,20H,4,8,10,12H2,1H3. The summed E-state index contributed by atoms with van der Waals surface area (Å²) in [5.74, 6) is 0.951. The van der Waals surface area contributed by atoms with E-state index in [1.807, 2.05) is 12.1 Å². The highest BCUT2D eigenvalue weighted by Gasteiger charge is 2.18. The Bertz CT molecular complexity index is 609. The fourth-order valence-electron chi connectivity index (χ4n) is 2.90. The predicted molar refractivity (Wildman–Crippen MR) is 87.1 cm³/mol. The third-order valence-corrected chi connectivity index (χ3v) is 4.40. The Labute approximate surface area is 131 Å². The first-order valence-electron chi connectivity index (χ1n) is 7.38. The maximum Gasteiger partial charge on any atom is 0.119 e. The van der Waals surface area contributed by atoms with Gasteiger partial charge in [-0.25, -0.2) is 0 Å². The molecule has 2 aromatic rings. The monoisotopic (exact) mass is 301 g/mol. The second-order valence-corrected chi connectivity index (χ2v) is 6.02. The molecular formula is C18H20ClNO. The van der Waals surface area contributed by atoms with E-state index in [-0.39, 0.29) is 0 Å². The average Bonchev–Trinajstić information content (AvgIpc) is 2.53. The van der Waals surface area contributed by atoms with Gasteiger partial charge in [0.2, 0.25) is 0 Å². The SMILES string of the molecule is COc1ccc2c(c1)CC(NCc1ccc(Cl)cc1)CC2. The summed E-state index contributed by atoms with van der Waals surface area (Å²) in [6, 6.07) is 15.0. The van der Waals surface area contributed by atoms with Gasteiger partial charge in [-0.15, -0.1) is 0 Å². The molecule has 0 saturated heterocycles. The summed E-state index contributed by atoms with van der Waals surface area (Å²) < 4.78 is 5.32. The van der Waals surface area contributed by atoms with Gasteiger partial charge in [0.25, 0.3) is 0 Å². The number of methoxy groups -OCH3 is 1. The number of hydrogen-bond donors (Lipinski definition) is 1. The van der Waals surface area contributed by atoms with Gasteiger partial charge in [-0.3, -0.25) is 0 Å². The van der Waals surface area contributed by atoms with Crippen molar-refractivity contribution in [3.05, 3.63) is 64.2 Å². The molecule has 21 heavy (non-hydrogen) atoms. The quantitative estimate of drug-likeness (QED) is 0.922. The van der Waals surface area contributed by atoms with Crippen LogP contribution in [0.3, 0.4) is 0 Å². The Hall–Kier alpha value is -1.51. The first-order chi connectivity index (χ1) is 10.2. The molecule has 110 valence electrons. The van der Waals surface area contributed by atoms with Crippen LogP contribution in [-0.2, 0) is 19.4 Å². The number of benzene rings is 2. The highest BCUT2D eigenvalue weighted by molar-refractivity contribution is 6.30. The molecule has 3 heteroatoms. The summed E-state index contributed by atoms with van der Waals surface area (Å²) >= 11 is 5.91. The van der Waals surface area contributed by atoms with Gasteiger partial charge >= 0.3 is 0 Å². The van der Waals surface area contributed by atoms with E-state index in [1.165, 1.54) is 23.1 Å². The smallest absolute Gasteiger partial charge is 0.119 e. The Kier molecular flexibility index (Phi) is 4.47. The van der Waals surface area contributed by atoms with Crippen LogP contribution in [0.5, 0.6) is 5.75 Å². The molecule has 1 N–H and O–H groups in total. The molecule has 2 aromatic carbocycles. The lowest BCUT2D eigenvalue weighted by molar-refractivity contribution is 0.411. The molecule has 0 radical (unpaired) electrons. The number of ether oxygens (including phenoxy) is 1. The van der Waals surface area contributed by atoms with Gasteiger partial charge < -0.3 is 10.1 Å². The molecule has 0 spiro atoms. The second kappa shape index (κ2) is 6.50. The van der Waals surface area contributed by atoms with Crippen LogP contribution < -0.4 is 10.1 Å². The summed E-state index contributed by atoms with van der Waals surface area (Å²) in [6.45, 7) is 0.890. The van der Waals surface area contributed by atoms with Gasteiger partial charge in [0.1, 0.15) is 5.75 Å². The zero-order valence-corrected chi connectivity index (χ0v) is 13.0. The zero-order valence-electron chi connectivity index (χ0n) is 12.2. The Balaban J connectivity index is 1.62. The van der Waals surface area contributed by atoms with Gasteiger partial charge in [-0.05, 0) is 60.2 Å². The highest BCUT2D eigenvalue weighted by Crippen LogP contribution is 2.25. The molecule has 1 unspecified atom stereocenters. The van der Waals surface area contributed by atoms with E-state index < -0.39 is 0 Å². The van der Waals surface area contributed by atoms with E-state index in [2.05, 4.69) is 35.6 Å². The van der Waals surface area contributed by atoms with Crippen LogP contribution in [0.25, 0.3) is 0 Å². The van der Waals surface area contributed by atoms with E-state index >= 15 is 0 Å². The molecule has 1 atom stereocenters. The largest absolute Gasteiger partial charge is 0.497 e. The minimum absolute atomic E-state index is 0.528. The van der Waals surface area contributed by atoms with Gasteiger partial charge in [0.05, 0.1) is 7.11 Å². The van der Waals surface area contributed by atoms with Crippen molar-refractivity contribution in [1.82, 2.24) is 5.32 Å². The third kappa shape index (κ3) is 3.58. The molecule has 0 aliphatic heterocycles. The molecule has 1 aliphatic carbocycles. The summed E-state index contributed by atoms with van der Waals surface area (Å²) in [4.78, 5) is 0. The van der Waals surface area contributed by atoms with Crippen molar-refractivity contribution >= 4 is 11.6 Å². The topological polar surface area (TPSA) is 21.3 Å². The van der Waals surface area contributed by atoms with Gasteiger partial charge in [-0.1, -0.05) is 29.8 Å². The molecule has 0 fully saturated rings. The van der Waals surface area contributed by atoms with Crippen molar-refractivity contribution in [1.29, 1.82) is 0 Å². The molecule has 0 bridgehead atoms. The normalized spacial score (nSPS) is 17.3. The molecule has 1 aliphatic rings. The lowest BCUT2D eigenvalue weighted by Gasteiger charge is -2.26. The highest BCUT2D eigenvalue weighted by atomic mass is 35.5. The van der Waals surface area contributed by atoms with Crippen LogP contribution in [0.1, 0.15) is 23.1 Å². The molecule has 3 rings (SSSR count). The van der Waals surface area contributed by atoms with Crippen molar-refractivity contribution < 1.29 is 4.74 Å². The molecule has 0 amide bonds. The van der Waals surface area contributed by atoms with E-state index in [0.29, 0.717) is 6.04 Å². The minimum atomic E-state index is 0.528. The fourth-order valence-corrected chi connectivity index (χ4v) is 3.03. The van der Waals surface area contributed by atoms with E-state index in [1.54, 1.807) is 7.11 Å². The minimum Gasteiger partial charge on any atom is -0.497 e. The number of fused-ring (bicyclic) bond motifs is 1. The first kappa shape index (κ1) is 14.4. The van der Waals surface area contributed by atoms with Crippen molar-refractivity contribution in [2.75, 3.05) is 7.11 Å². The van der Waals surface area contributed by atoms with Crippen LogP contribution in [0.4, 0.5) is 0 Å². The number of nitrogens with one attached hydrogen (secondary N) is 1. The molecule has 2 nitrogen and oxygen atoms in total. The number of halogens is 1. The van der Waals surface area contributed by atoms with Crippen LogP contribution in [-0.4, -0.2) is 13.2 Å².